The SMILES string of the molecule is FC(F)(F)c1nc(Nc2ccccc2)nc2c1CNC2. The third kappa shape index (κ3) is 2.44. The lowest BCUT2D eigenvalue weighted by molar-refractivity contribution is -0.141. The van der Waals surface area contributed by atoms with E-state index in [1.165, 1.54) is 0 Å². The number of hydrogen-bond donors (Lipinski definition) is 2. The molecule has 7 heteroatoms. The Kier molecular flexibility index (Phi) is 3.06. The van der Waals surface area contributed by atoms with Gasteiger partial charge >= 0.3 is 6.18 Å². The van der Waals surface area contributed by atoms with Crippen LogP contribution in [0.1, 0.15) is 17.0 Å². The molecule has 4 nitrogen and oxygen atoms in total. The van der Waals surface area contributed by atoms with Crippen LogP contribution < -0.4 is 10.6 Å². The van der Waals surface area contributed by atoms with Crippen LogP contribution in [0.5, 0.6) is 0 Å². The van der Waals surface area contributed by atoms with Crippen molar-refractivity contribution in [1.29, 1.82) is 0 Å². The second kappa shape index (κ2) is 4.75. The summed E-state index contributed by atoms with van der Waals surface area (Å²) < 4.78 is 39.0. The van der Waals surface area contributed by atoms with Gasteiger partial charge in [-0.3, -0.25) is 0 Å². The maximum Gasteiger partial charge on any atom is 0.433 e. The van der Waals surface area contributed by atoms with Gasteiger partial charge < -0.3 is 10.6 Å². The van der Waals surface area contributed by atoms with E-state index in [-0.39, 0.29) is 18.1 Å². The fraction of sp³-hybridized carbons (Fsp3) is 0.231. The minimum absolute atomic E-state index is 0.0361. The molecular formula is C13H11F3N4. The fourth-order valence-electron chi connectivity index (χ4n) is 2.11. The van der Waals surface area contributed by atoms with E-state index in [0.717, 1.165) is 0 Å². The van der Waals surface area contributed by atoms with Gasteiger partial charge in [-0.1, -0.05) is 18.2 Å². The largest absolute Gasteiger partial charge is 0.433 e. The fourth-order valence-corrected chi connectivity index (χ4v) is 2.11. The molecule has 0 amide bonds. The van der Waals surface area contributed by atoms with Crippen LogP contribution in [0.2, 0.25) is 0 Å². The lowest BCUT2D eigenvalue weighted by atomic mass is 10.2. The quantitative estimate of drug-likeness (QED) is 0.888. The molecule has 2 aromatic rings. The van der Waals surface area contributed by atoms with Gasteiger partial charge in [0.25, 0.3) is 0 Å². The van der Waals surface area contributed by atoms with Gasteiger partial charge in [-0.25, -0.2) is 9.97 Å². The van der Waals surface area contributed by atoms with Crippen molar-refractivity contribution in [3.05, 3.63) is 47.3 Å². The van der Waals surface area contributed by atoms with Gasteiger partial charge in [0.15, 0.2) is 5.69 Å². The summed E-state index contributed by atoms with van der Waals surface area (Å²) in [7, 11) is 0. The predicted molar refractivity (Wildman–Crippen MR) is 67.3 cm³/mol. The maximum absolute atomic E-state index is 13.0. The van der Waals surface area contributed by atoms with Crippen molar-refractivity contribution in [2.75, 3.05) is 5.32 Å². The van der Waals surface area contributed by atoms with Crippen molar-refractivity contribution < 1.29 is 13.2 Å². The Morgan fingerprint density at radius 1 is 1.05 bits per heavy atom. The first-order valence-corrected chi connectivity index (χ1v) is 6.04. The highest BCUT2D eigenvalue weighted by molar-refractivity contribution is 5.53. The first-order chi connectivity index (χ1) is 9.54. The molecule has 0 radical (unpaired) electrons. The van der Waals surface area contributed by atoms with E-state index in [0.29, 0.717) is 17.9 Å². The molecule has 0 saturated heterocycles. The first-order valence-electron chi connectivity index (χ1n) is 6.04. The molecule has 104 valence electrons. The highest BCUT2D eigenvalue weighted by Crippen LogP contribution is 2.34. The smallest absolute Gasteiger partial charge is 0.324 e. The molecule has 0 unspecified atom stereocenters. The number of rotatable bonds is 2. The van der Waals surface area contributed by atoms with Crippen molar-refractivity contribution in [3.63, 3.8) is 0 Å². The number of nitrogens with one attached hydrogen (secondary N) is 2. The monoisotopic (exact) mass is 280 g/mol. The lowest BCUT2D eigenvalue weighted by Gasteiger charge is -2.13. The van der Waals surface area contributed by atoms with Crippen molar-refractivity contribution in [3.8, 4) is 0 Å². The van der Waals surface area contributed by atoms with Gasteiger partial charge in [0.1, 0.15) is 0 Å². The summed E-state index contributed by atoms with van der Waals surface area (Å²) in [5.74, 6) is -0.0361. The molecule has 2 N–H and O–H groups in total. The van der Waals surface area contributed by atoms with E-state index in [4.69, 9.17) is 0 Å². The number of alkyl halides is 3. The highest BCUT2D eigenvalue weighted by atomic mass is 19.4. The third-order valence-electron chi connectivity index (χ3n) is 2.99. The Bertz CT molecular complexity index is 626. The van der Waals surface area contributed by atoms with Crippen LogP contribution in [0.3, 0.4) is 0 Å². The molecular weight excluding hydrogens is 269 g/mol. The zero-order chi connectivity index (χ0) is 14.2. The molecule has 20 heavy (non-hydrogen) atoms. The van der Waals surface area contributed by atoms with Gasteiger partial charge in [0, 0.05) is 24.3 Å². The number of benzene rings is 1. The number of aromatic nitrogens is 2. The molecule has 0 saturated carbocycles. The Labute approximate surface area is 113 Å². The predicted octanol–water partition coefficient (Wildman–Crippen LogP) is 2.84. The maximum atomic E-state index is 13.0. The van der Waals surface area contributed by atoms with Crippen molar-refractivity contribution in [2.45, 2.75) is 19.3 Å². The molecule has 0 bridgehead atoms. The molecule has 0 aliphatic carbocycles. The summed E-state index contributed by atoms with van der Waals surface area (Å²) >= 11 is 0. The third-order valence-corrected chi connectivity index (χ3v) is 2.99. The summed E-state index contributed by atoms with van der Waals surface area (Å²) in [4.78, 5) is 7.76. The molecule has 1 aromatic carbocycles. The number of para-hydroxylation sites is 1. The first kappa shape index (κ1) is 12.9. The van der Waals surface area contributed by atoms with E-state index in [9.17, 15) is 13.2 Å². The second-order valence-electron chi connectivity index (χ2n) is 4.41. The molecule has 2 heterocycles. The molecule has 0 spiro atoms. The molecule has 0 atom stereocenters. The van der Waals surface area contributed by atoms with E-state index in [1.807, 2.05) is 6.07 Å². The van der Waals surface area contributed by atoms with Crippen molar-refractivity contribution in [2.24, 2.45) is 0 Å². The van der Waals surface area contributed by atoms with Crippen LogP contribution in [0.15, 0.2) is 30.3 Å². The number of hydrogen-bond acceptors (Lipinski definition) is 4. The summed E-state index contributed by atoms with van der Waals surface area (Å²) in [6, 6.07) is 8.86. The Balaban J connectivity index is 2.01. The molecule has 1 aromatic heterocycles. The number of anilines is 2. The molecule has 1 aliphatic rings. The second-order valence-corrected chi connectivity index (χ2v) is 4.41. The van der Waals surface area contributed by atoms with Crippen LogP contribution in [0.4, 0.5) is 24.8 Å². The number of halogens is 3. The van der Waals surface area contributed by atoms with Gasteiger partial charge in [-0.05, 0) is 12.1 Å². The van der Waals surface area contributed by atoms with Crippen LogP contribution in [-0.2, 0) is 19.3 Å². The number of nitrogens with zero attached hydrogens (tertiary/aromatic N) is 2. The summed E-state index contributed by atoms with van der Waals surface area (Å²) in [6.07, 6.45) is -4.48. The molecule has 3 rings (SSSR count). The van der Waals surface area contributed by atoms with Gasteiger partial charge in [0.05, 0.1) is 5.69 Å². The van der Waals surface area contributed by atoms with Crippen LogP contribution >= 0.6 is 0 Å². The van der Waals surface area contributed by atoms with Crippen LogP contribution in [0.25, 0.3) is 0 Å². The zero-order valence-electron chi connectivity index (χ0n) is 10.3. The minimum Gasteiger partial charge on any atom is -0.324 e. The van der Waals surface area contributed by atoms with E-state index < -0.39 is 11.9 Å². The molecule has 1 aliphatic heterocycles. The topological polar surface area (TPSA) is 49.8 Å². The summed E-state index contributed by atoms with van der Waals surface area (Å²) in [5, 5.41) is 5.66. The molecule has 0 fully saturated rings. The standard InChI is InChI=1S/C13H11F3N4/c14-13(15,16)11-9-6-17-7-10(9)19-12(20-11)18-8-4-2-1-3-5-8/h1-5,17H,6-7H2,(H,18,19,20). The van der Waals surface area contributed by atoms with Gasteiger partial charge in [0.2, 0.25) is 5.95 Å². The van der Waals surface area contributed by atoms with Gasteiger partial charge in [-0.15, -0.1) is 0 Å². The van der Waals surface area contributed by atoms with Crippen molar-refractivity contribution in [1.82, 2.24) is 15.3 Å². The average molecular weight is 280 g/mol. The number of fused-ring (bicyclic) bond motifs is 1. The lowest BCUT2D eigenvalue weighted by Crippen LogP contribution is -2.15. The van der Waals surface area contributed by atoms with Gasteiger partial charge in [-0.2, -0.15) is 13.2 Å². The highest BCUT2D eigenvalue weighted by Gasteiger charge is 2.38. The Morgan fingerprint density at radius 2 is 1.80 bits per heavy atom. The minimum atomic E-state index is -4.48. The summed E-state index contributed by atoms with van der Waals surface area (Å²) in [5.41, 5.74) is 0.305. The van der Waals surface area contributed by atoms with Crippen LogP contribution in [-0.4, -0.2) is 9.97 Å². The zero-order valence-corrected chi connectivity index (χ0v) is 10.3. The van der Waals surface area contributed by atoms with Crippen LogP contribution in [0, 0.1) is 0 Å². The van der Waals surface area contributed by atoms with E-state index >= 15 is 0 Å². The van der Waals surface area contributed by atoms with E-state index in [2.05, 4.69) is 20.6 Å². The average Bonchev–Trinajstić information content (AvgIpc) is 2.86. The Morgan fingerprint density at radius 3 is 2.50 bits per heavy atom. The normalized spacial score (nSPS) is 14.2. The Hall–Kier alpha value is -2.15. The van der Waals surface area contributed by atoms with Crippen molar-refractivity contribution >= 4 is 11.6 Å². The summed E-state index contributed by atoms with van der Waals surface area (Å²) in [6.45, 7) is 0.472. The van der Waals surface area contributed by atoms with E-state index in [1.54, 1.807) is 24.3 Å².